The first-order valence-electron chi connectivity index (χ1n) is 6.19. The molecule has 11 heteroatoms. The molecule has 0 bridgehead atoms. The molecule has 1 aliphatic rings. The molecule has 0 saturated carbocycles. The van der Waals surface area contributed by atoms with Crippen molar-refractivity contribution >= 4 is 49.2 Å². The number of ketones is 1. The van der Waals surface area contributed by atoms with Crippen LogP contribution in [0.25, 0.3) is 0 Å². The van der Waals surface area contributed by atoms with Gasteiger partial charge in [0.25, 0.3) is 24.3 Å². The summed E-state index contributed by atoms with van der Waals surface area (Å²) in [5, 5.41) is -1.49. The molecule has 0 amide bonds. The molecule has 7 nitrogen and oxygen atoms in total. The summed E-state index contributed by atoms with van der Waals surface area (Å²) in [4.78, 5) is 12.4. The summed E-state index contributed by atoms with van der Waals surface area (Å²) >= 11 is 11.4. The number of hydrogen-bond donors (Lipinski definition) is 2. The number of carbonyl (C=O) groups excluding carboxylic acids is 1. The number of rotatable bonds is 4. The molecule has 0 fully saturated rings. The van der Waals surface area contributed by atoms with Crippen LogP contribution in [-0.4, -0.2) is 41.2 Å². The Bertz CT molecular complexity index is 913. The molecule has 2 N–H and O–H groups in total. The maximum absolute atomic E-state index is 12.4. The van der Waals surface area contributed by atoms with Crippen molar-refractivity contribution in [1.29, 1.82) is 0 Å². The van der Waals surface area contributed by atoms with Gasteiger partial charge in [0.2, 0.25) is 0 Å². The topological polar surface area (TPSA) is 126 Å². The lowest BCUT2D eigenvalue weighted by molar-refractivity contribution is 0.103. The Labute approximate surface area is 148 Å². The van der Waals surface area contributed by atoms with Crippen molar-refractivity contribution in [2.45, 2.75) is 9.46 Å². The van der Waals surface area contributed by atoms with Crippen LogP contribution < -0.4 is 0 Å². The summed E-state index contributed by atoms with van der Waals surface area (Å²) in [5.74, 6) is -0.747. The van der Waals surface area contributed by atoms with Gasteiger partial charge < -0.3 is 0 Å². The Balaban J connectivity index is 2.66. The largest absolute Gasteiger partial charge is 0.293 e. The maximum atomic E-state index is 12.4. The van der Waals surface area contributed by atoms with Crippen molar-refractivity contribution in [2.24, 2.45) is 0 Å². The van der Waals surface area contributed by atoms with Crippen molar-refractivity contribution in [3.8, 4) is 0 Å². The zero-order valence-electron chi connectivity index (χ0n) is 11.6. The first kappa shape index (κ1) is 19.1. The Morgan fingerprint density at radius 2 is 1.54 bits per heavy atom. The quantitative estimate of drug-likeness (QED) is 0.440. The number of Topliss-reactive ketones (excluding diaryl/α,β-unsaturated/α-hetero) is 1. The van der Waals surface area contributed by atoms with Gasteiger partial charge in [-0.3, -0.25) is 13.9 Å². The van der Waals surface area contributed by atoms with Gasteiger partial charge >= 0.3 is 0 Å². The molecule has 130 valence electrons. The van der Waals surface area contributed by atoms with Gasteiger partial charge in [0.1, 0.15) is 0 Å². The number of allylic oxidation sites excluding steroid dienone is 3. The molecule has 0 spiro atoms. The van der Waals surface area contributed by atoms with Gasteiger partial charge in [0, 0.05) is 16.2 Å². The van der Waals surface area contributed by atoms with Crippen LogP contribution in [0, 0.1) is 0 Å². The van der Waals surface area contributed by atoms with Gasteiger partial charge in [0.05, 0.1) is 5.38 Å². The minimum absolute atomic E-state index is 0.0860. The zero-order valence-corrected chi connectivity index (χ0v) is 14.8. The second-order valence-electron chi connectivity index (χ2n) is 4.87. The lowest BCUT2D eigenvalue weighted by Gasteiger charge is -2.30. The van der Waals surface area contributed by atoms with E-state index in [-0.39, 0.29) is 11.1 Å². The van der Waals surface area contributed by atoms with Crippen LogP contribution in [0.3, 0.4) is 0 Å². The van der Waals surface area contributed by atoms with Crippen molar-refractivity contribution in [3.63, 3.8) is 0 Å². The lowest BCUT2D eigenvalue weighted by Crippen LogP contribution is -2.52. The molecular weight excluding hydrogens is 403 g/mol. The third-order valence-corrected chi connectivity index (χ3v) is 7.98. The standard InChI is InChI=1S/C13H10Cl2O7S2/c14-10-4-1-8(2-5-10)12(16)9-3-6-11(15)13(7-9,23(17,18)19)24(20,21)22/h1-7,11H,(H,17,18,19)(H,20,21,22). The van der Waals surface area contributed by atoms with Crippen LogP contribution in [0.15, 0.2) is 48.1 Å². The van der Waals surface area contributed by atoms with Gasteiger partial charge in [-0.25, -0.2) is 0 Å². The number of carbonyl (C=O) groups is 1. The molecule has 0 aromatic heterocycles. The number of alkyl halides is 1. The van der Waals surface area contributed by atoms with Gasteiger partial charge in [0.15, 0.2) is 5.78 Å². The van der Waals surface area contributed by atoms with E-state index in [1.807, 2.05) is 0 Å². The Morgan fingerprint density at radius 3 is 2.00 bits per heavy atom. The number of benzene rings is 1. The highest BCUT2D eigenvalue weighted by atomic mass is 35.5. The molecule has 1 atom stereocenters. The fourth-order valence-electron chi connectivity index (χ4n) is 2.14. The zero-order chi connectivity index (χ0) is 18.3. The second-order valence-corrected chi connectivity index (χ2v) is 9.28. The van der Waals surface area contributed by atoms with E-state index >= 15 is 0 Å². The highest BCUT2D eigenvalue weighted by Gasteiger charge is 2.59. The van der Waals surface area contributed by atoms with Crippen molar-refractivity contribution in [3.05, 3.63) is 58.7 Å². The minimum atomic E-state index is -5.42. The van der Waals surface area contributed by atoms with Crippen molar-refractivity contribution in [2.75, 3.05) is 0 Å². The van der Waals surface area contributed by atoms with E-state index < -0.39 is 35.5 Å². The molecule has 1 aliphatic carbocycles. The molecule has 1 aromatic carbocycles. The van der Waals surface area contributed by atoms with Crippen molar-refractivity contribution < 1.29 is 30.7 Å². The van der Waals surface area contributed by atoms with E-state index in [0.717, 1.165) is 12.2 Å². The fraction of sp³-hybridized carbons (Fsp3) is 0.154. The molecule has 0 radical (unpaired) electrons. The lowest BCUT2D eigenvalue weighted by atomic mass is 9.97. The van der Waals surface area contributed by atoms with E-state index in [9.17, 15) is 30.7 Å². The monoisotopic (exact) mass is 412 g/mol. The van der Waals surface area contributed by atoms with Gasteiger partial charge in [-0.1, -0.05) is 23.8 Å². The van der Waals surface area contributed by atoms with Gasteiger partial charge in [-0.15, -0.1) is 11.6 Å². The number of hydrogen-bond acceptors (Lipinski definition) is 5. The second kappa shape index (κ2) is 6.25. The predicted octanol–water partition coefficient (Wildman–Crippen LogP) is 2.10. The molecule has 0 saturated heterocycles. The van der Waals surface area contributed by atoms with Crippen LogP contribution in [0.1, 0.15) is 10.4 Å². The average Bonchev–Trinajstić information content (AvgIpc) is 2.45. The van der Waals surface area contributed by atoms with Crippen molar-refractivity contribution in [1.82, 2.24) is 0 Å². The summed E-state index contributed by atoms with van der Waals surface area (Å²) < 4.78 is 62.0. The normalized spacial score (nSPS) is 20.5. The Morgan fingerprint density at radius 1 is 1.04 bits per heavy atom. The first-order chi connectivity index (χ1) is 10.9. The maximum Gasteiger partial charge on any atom is 0.293 e. The van der Waals surface area contributed by atoms with Gasteiger partial charge in [-0.2, -0.15) is 16.8 Å². The predicted molar refractivity (Wildman–Crippen MR) is 88.5 cm³/mol. The summed E-state index contributed by atoms with van der Waals surface area (Å²) in [7, 11) is -10.8. The SMILES string of the molecule is O=C(C1=CC(S(=O)(=O)O)(S(=O)(=O)O)C(Cl)C=C1)c1ccc(Cl)cc1. The summed E-state index contributed by atoms with van der Waals surface area (Å²) in [5.41, 5.74) is -0.299. The third-order valence-electron chi connectivity index (χ3n) is 3.36. The smallest absolute Gasteiger partial charge is 0.289 e. The summed E-state index contributed by atoms with van der Waals surface area (Å²) in [6.45, 7) is 0. The molecule has 24 heavy (non-hydrogen) atoms. The van der Waals surface area contributed by atoms with Gasteiger partial charge in [-0.05, 0) is 30.3 Å². The highest BCUT2D eigenvalue weighted by Crippen LogP contribution is 2.38. The molecule has 2 rings (SSSR count). The van der Waals surface area contributed by atoms with Crippen LogP contribution in [0.2, 0.25) is 5.02 Å². The van der Waals surface area contributed by atoms with E-state index in [0.29, 0.717) is 11.1 Å². The van der Waals surface area contributed by atoms with Crippen LogP contribution >= 0.6 is 23.2 Å². The van der Waals surface area contributed by atoms with Crippen LogP contribution in [0.5, 0.6) is 0 Å². The van der Waals surface area contributed by atoms with E-state index in [1.165, 1.54) is 24.3 Å². The number of halogens is 2. The highest BCUT2D eigenvalue weighted by molar-refractivity contribution is 8.05. The average molecular weight is 413 g/mol. The molecular formula is C13H10Cl2O7S2. The van der Waals surface area contributed by atoms with Crippen LogP contribution in [-0.2, 0) is 20.2 Å². The molecule has 1 unspecified atom stereocenters. The Kier molecular flexibility index (Phi) is 4.97. The van der Waals surface area contributed by atoms with E-state index in [1.54, 1.807) is 0 Å². The van der Waals surface area contributed by atoms with E-state index in [4.69, 9.17) is 23.2 Å². The molecule has 0 aliphatic heterocycles. The summed E-state index contributed by atoms with van der Waals surface area (Å²) in [6, 6.07) is 5.50. The third kappa shape index (κ3) is 3.15. The Hall–Kier alpha value is -1.23. The summed E-state index contributed by atoms with van der Waals surface area (Å²) in [6.07, 6.45) is 2.40. The molecule has 0 heterocycles. The van der Waals surface area contributed by atoms with Crippen LogP contribution in [0.4, 0.5) is 0 Å². The van der Waals surface area contributed by atoms with E-state index in [2.05, 4.69) is 0 Å². The molecule has 1 aromatic rings. The fourth-order valence-corrected chi connectivity index (χ4v) is 5.42. The minimum Gasteiger partial charge on any atom is -0.289 e. The first-order valence-corrected chi connectivity index (χ1v) is 9.89.